The third kappa shape index (κ3) is 2.82. The number of aryl methyl sites for hydroxylation is 3. The molecule has 0 spiro atoms. The van der Waals surface area contributed by atoms with Gasteiger partial charge in [-0.2, -0.15) is 5.10 Å². The van der Waals surface area contributed by atoms with E-state index in [1.54, 1.807) is 13.3 Å². The molecular weight excluding hydrogens is 256 g/mol. The second kappa shape index (κ2) is 5.77. The van der Waals surface area contributed by atoms with Crippen LogP contribution in [0.2, 0.25) is 0 Å². The van der Waals surface area contributed by atoms with Crippen LogP contribution in [0, 0.1) is 13.8 Å². The lowest BCUT2D eigenvalue weighted by Crippen LogP contribution is -1.99. The van der Waals surface area contributed by atoms with Crippen molar-refractivity contribution in [3.63, 3.8) is 0 Å². The van der Waals surface area contributed by atoms with E-state index < -0.39 is 5.97 Å². The van der Waals surface area contributed by atoms with E-state index in [1.165, 1.54) is 0 Å². The van der Waals surface area contributed by atoms with Gasteiger partial charge in [0.1, 0.15) is 5.75 Å². The first-order valence-electron chi connectivity index (χ1n) is 6.42. The fourth-order valence-corrected chi connectivity index (χ4v) is 2.25. The smallest absolute Gasteiger partial charge is 0.303 e. The summed E-state index contributed by atoms with van der Waals surface area (Å²) in [4.78, 5) is 10.7. The van der Waals surface area contributed by atoms with Gasteiger partial charge < -0.3 is 9.84 Å². The third-order valence-electron chi connectivity index (χ3n) is 3.34. The average Bonchev–Trinajstić information content (AvgIpc) is 2.86. The number of carboxylic acids is 1. The second-order valence-electron chi connectivity index (χ2n) is 4.80. The summed E-state index contributed by atoms with van der Waals surface area (Å²) in [5.74, 6) is 0.0395. The molecule has 2 N–H and O–H groups in total. The minimum absolute atomic E-state index is 0.0979. The van der Waals surface area contributed by atoms with Gasteiger partial charge in [0.05, 0.1) is 19.0 Å². The van der Waals surface area contributed by atoms with E-state index >= 15 is 0 Å². The van der Waals surface area contributed by atoms with Crippen LogP contribution in [0.3, 0.4) is 0 Å². The Labute approximate surface area is 117 Å². The molecule has 0 aliphatic rings. The number of aromatic amines is 1. The summed E-state index contributed by atoms with van der Waals surface area (Å²) < 4.78 is 5.30. The minimum atomic E-state index is -0.806. The van der Waals surface area contributed by atoms with E-state index in [0.29, 0.717) is 6.42 Å². The third-order valence-corrected chi connectivity index (χ3v) is 3.34. The fraction of sp³-hybridized carbons (Fsp3) is 0.333. The van der Waals surface area contributed by atoms with Gasteiger partial charge in [-0.1, -0.05) is 0 Å². The van der Waals surface area contributed by atoms with Crippen molar-refractivity contribution in [2.75, 3.05) is 7.11 Å². The van der Waals surface area contributed by atoms with Crippen molar-refractivity contribution in [1.82, 2.24) is 10.2 Å². The lowest BCUT2D eigenvalue weighted by atomic mass is 9.98. The Balaban J connectivity index is 2.39. The molecule has 2 rings (SSSR count). The van der Waals surface area contributed by atoms with Gasteiger partial charge in [0, 0.05) is 12.0 Å². The van der Waals surface area contributed by atoms with Crippen molar-refractivity contribution in [3.05, 3.63) is 35.0 Å². The number of aliphatic carboxylic acids is 1. The van der Waals surface area contributed by atoms with Crippen LogP contribution in [-0.4, -0.2) is 28.4 Å². The highest BCUT2D eigenvalue weighted by atomic mass is 16.5. The van der Waals surface area contributed by atoms with Crippen molar-refractivity contribution < 1.29 is 14.6 Å². The maximum atomic E-state index is 10.7. The highest BCUT2D eigenvalue weighted by Gasteiger charge is 2.13. The van der Waals surface area contributed by atoms with E-state index in [-0.39, 0.29) is 6.42 Å². The Hall–Kier alpha value is -2.30. The number of ether oxygens (including phenoxy) is 1. The topological polar surface area (TPSA) is 75.2 Å². The molecule has 0 saturated carbocycles. The molecule has 0 atom stereocenters. The van der Waals surface area contributed by atoms with E-state index in [0.717, 1.165) is 33.7 Å². The number of hydrogen-bond acceptors (Lipinski definition) is 3. The van der Waals surface area contributed by atoms with Gasteiger partial charge in [0.15, 0.2) is 0 Å². The summed E-state index contributed by atoms with van der Waals surface area (Å²) in [7, 11) is 1.65. The molecule has 0 unspecified atom stereocenters. The SMILES string of the molecule is COc1cc(C)c(-c2[nH]ncc2CCC(=O)O)cc1C. The molecule has 1 aromatic heterocycles. The number of carbonyl (C=O) groups is 1. The van der Waals surface area contributed by atoms with Gasteiger partial charge in [-0.05, 0) is 49.1 Å². The van der Waals surface area contributed by atoms with Crippen LogP contribution in [0.15, 0.2) is 18.3 Å². The summed E-state index contributed by atoms with van der Waals surface area (Å²) in [5.41, 5.74) is 4.93. The zero-order valence-corrected chi connectivity index (χ0v) is 11.9. The maximum Gasteiger partial charge on any atom is 0.303 e. The molecule has 2 aromatic rings. The Kier molecular flexibility index (Phi) is 4.08. The van der Waals surface area contributed by atoms with Crippen LogP contribution < -0.4 is 4.74 Å². The van der Waals surface area contributed by atoms with Crippen molar-refractivity contribution in [2.24, 2.45) is 0 Å². The van der Waals surface area contributed by atoms with Crippen LogP contribution in [0.4, 0.5) is 0 Å². The first-order chi connectivity index (χ1) is 9.52. The van der Waals surface area contributed by atoms with Crippen molar-refractivity contribution >= 4 is 5.97 Å². The number of methoxy groups -OCH3 is 1. The standard InChI is InChI=1S/C15H18N2O3/c1-9-7-13(20-3)10(2)6-12(9)15-11(8-16-17-15)4-5-14(18)19/h6-8H,4-5H2,1-3H3,(H,16,17)(H,18,19). The van der Waals surface area contributed by atoms with Crippen molar-refractivity contribution in [2.45, 2.75) is 26.7 Å². The Morgan fingerprint density at radius 1 is 1.35 bits per heavy atom. The van der Waals surface area contributed by atoms with Crippen LogP contribution >= 0.6 is 0 Å². The van der Waals surface area contributed by atoms with Crippen LogP contribution in [0.1, 0.15) is 23.1 Å². The number of aromatic nitrogens is 2. The van der Waals surface area contributed by atoms with Gasteiger partial charge in [0.25, 0.3) is 0 Å². The highest BCUT2D eigenvalue weighted by Crippen LogP contribution is 2.31. The maximum absolute atomic E-state index is 10.7. The summed E-state index contributed by atoms with van der Waals surface area (Å²) >= 11 is 0. The average molecular weight is 274 g/mol. The summed E-state index contributed by atoms with van der Waals surface area (Å²) in [6, 6.07) is 4.01. The van der Waals surface area contributed by atoms with Crippen LogP contribution in [0.5, 0.6) is 5.75 Å². The number of H-pyrrole nitrogens is 1. The minimum Gasteiger partial charge on any atom is -0.496 e. The number of nitrogens with one attached hydrogen (secondary N) is 1. The fourth-order valence-electron chi connectivity index (χ4n) is 2.25. The molecule has 0 fully saturated rings. The van der Waals surface area contributed by atoms with Crippen LogP contribution in [0.25, 0.3) is 11.3 Å². The number of rotatable bonds is 5. The van der Waals surface area contributed by atoms with Gasteiger partial charge in [0.2, 0.25) is 0 Å². The molecule has 5 heteroatoms. The lowest BCUT2D eigenvalue weighted by molar-refractivity contribution is -0.136. The number of benzene rings is 1. The molecule has 0 amide bonds. The molecule has 5 nitrogen and oxygen atoms in total. The molecule has 0 bridgehead atoms. The number of carboxylic acid groups (broad SMARTS) is 1. The number of nitrogens with zero attached hydrogens (tertiary/aromatic N) is 1. The van der Waals surface area contributed by atoms with E-state index in [2.05, 4.69) is 10.2 Å². The van der Waals surface area contributed by atoms with Gasteiger partial charge in [-0.3, -0.25) is 9.89 Å². The monoisotopic (exact) mass is 274 g/mol. The Morgan fingerprint density at radius 3 is 2.75 bits per heavy atom. The quantitative estimate of drug-likeness (QED) is 0.879. The highest BCUT2D eigenvalue weighted by molar-refractivity contribution is 5.71. The molecule has 0 aliphatic carbocycles. The van der Waals surface area contributed by atoms with Crippen LogP contribution in [-0.2, 0) is 11.2 Å². The van der Waals surface area contributed by atoms with Crippen molar-refractivity contribution in [3.8, 4) is 17.0 Å². The first-order valence-corrected chi connectivity index (χ1v) is 6.42. The lowest BCUT2D eigenvalue weighted by Gasteiger charge is -2.11. The molecule has 20 heavy (non-hydrogen) atoms. The Morgan fingerprint density at radius 2 is 2.10 bits per heavy atom. The number of hydrogen-bond donors (Lipinski definition) is 2. The zero-order valence-electron chi connectivity index (χ0n) is 11.9. The summed E-state index contributed by atoms with van der Waals surface area (Å²) in [6.45, 7) is 3.98. The molecular formula is C15H18N2O3. The molecule has 1 heterocycles. The van der Waals surface area contributed by atoms with E-state index in [9.17, 15) is 4.79 Å². The summed E-state index contributed by atoms with van der Waals surface area (Å²) in [5, 5.41) is 15.8. The second-order valence-corrected chi connectivity index (χ2v) is 4.80. The molecule has 0 radical (unpaired) electrons. The predicted octanol–water partition coefficient (Wildman–Crippen LogP) is 2.72. The molecule has 0 aliphatic heterocycles. The Bertz CT molecular complexity index is 632. The van der Waals surface area contributed by atoms with E-state index in [4.69, 9.17) is 9.84 Å². The normalized spacial score (nSPS) is 10.6. The van der Waals surface area contributed by atoms with Gasteiger partial charge in [-0.15, -0.1) is 0 Å². The first kappa shape index (κ1) is 14.1. The summed E-state index contributed by atoms with van der Waals surface area (Å²) in [6.07, 6.45) is 2.25. The van der Waals surface area contributed by atoms with Crippen molar-refractivity contribution in [1.29, 1.82) is 0 Å². The molecule has 106 valence electrons. The molecule has 1 aromatic carbocycles. The largest absolute Gasteiger partial charge is 0.496 e. The van der Waals surface area contributed by atoms with Gasteiger partial charge in [-0.25, -0.2) is 0 Å². The zero-order chi connectivity index (χ0) is 14.7. The predicted molar refractivity (Wildman–Crippen MR) is 76.0 cm³/mol. The van der Waals surface area contributed by atoms with Gasteiger partial charge >= 0.3 is 5.97 Å². The van der Waals surface area contributed by atoms with E-state index in [1.807, 2.05) is 26.0 Å². The molecule has 0 saturated heterocycles.